The topological polar surface area (TPSA) is 153 Å². The van der Waals surface area contributed by atoms with Crippen LogP contribution >= 0.6 is 0 Å². The molecule has 0 aromatic rings. The number of carboxylic acids is 2. The van der Waals surface area contributed by atoms with Crippen LogP contribution in [-0.4, -0.2) is 57.8 Å². The van der Waals surface area contributed by atoms with Crippen molar-refractivity contribution in [3.05, 3.63) is 0 Å². The first kappa shape index (κ1) is 32.9. The van der Waals surface area contributed by atoms with E-state index < -0.39 is 23.4 Å². The fourth-order valence-electron chi connectivity index (χ4n) is 4.88. The first-order valence-electron chi connectivity index (χ1n) is 14.5. The van der Waals surface area contributed by atoms with E-state index in [0.29, 0.717) is 12.8 Å². The van der Waals surface area contributed by atoms with Crippen LogP contribution in [0.1, 0.15) is 128 Å². The number of amides is 2. The molecule has 1 rings (SSSR count). The zero-order valence-corrected chi connectivity index (χ0v) is 22.6. The molecule has 2 amide bonds. The average molecular weight is 527 g/mol. The lowest BCUT2D eigenvalue weighted by Gasteiger charge is -2.15. The second-order valence-electron chi connectivity index (χ2n) is 10.6. The van der Waals surface area contributed by atoms with Gasteiger partial charge < -0.3 is 26.0 Å². The molecule has 0 radical (unpaired) electrons. The van der Waals surface area contributed by atoms with E-state index in [4.69, 9.17) is 10.2 Å². The summed E-state index contributed by atoms with van der Waals surface area (Å²) in [6.45, 7) is -0.0298. The molecule has 0 aliphatic heterocycles. The van der Waals surface area contributed by atoms with Gasteiger partial charge >= 0.3 is 11.9 Å². The number of rotatable bonds is 25. The van der Waals surface area contributed by atoms with E-state index >= 15 is 0 Å². The Labute approximate surface area is 222 Å². The van der Waals surface area contributed by atoms with E-state index in [9.17, 15) is 24.3 Å². The van der Waals surface area contributed by atoms with Crippen molar-refractivity contribution in [3.63, 3.8) is 0 Å². The number of hydrogen-bond donors (Lipinski definition) is 5. The summed E-state index contributed by atoms with van der Waals surface area (Å²) < 4.78 is 0. The van der Waals surface area contributed by atoms with Gasteiger partial charge in [0.15, 0.2) is 0 Å². The molecule has 5 N–H and O–H groups in total. The Balaban J connectivity index is 1.92. The van der Waals surface area contributed by atoms with Gasteiger partial charge in [0.05, 0.1) is 6.61 Å². The fraction of sp³-hybridized carbons (Fsp3) is 0.857. The van der Waals surface area contributed by atoms with E-state index in [1.54, 1.807) is 0 Å². The number of nitrogens with one attached hydrogen (secondary N) is 2. The molecule has 9 nitrogen and oxygen atoms in total. The lowest BCUT2D eigenvalue weighted by atomic mass is 10.0. The minimum Gasteiger partial charge on any atom is -0.481 e. The third-order valence-electron chi connectivity index (χ3n) is 7.26. The molecule has 1 unspecified atom stereocenters. The lowest BCUT2D eigenvalue weighted by Crippen LogP contribution is -2.45. The van der Waals surface area contributed by atoms with Crippen LogP contribution < -0.4 is 10.6 Å². The minimum atomic E-state index is -1.32. The highest BCUT2D eigenvalue weighted by Gasteiger charge is 2.61. The standard InChI is InChI=1S/C28H50N2O7/c31-20-19-29-25(33)21-23-22-28(23,27(36)37)30-24(32)17-15-13-11-9-7-5-3-1-2-4-6-8-10-12-14-16-18-26(34)35/h23,31H,1-22H2,(H,29,33)(H,30,32)(H,34,35)(H,36,37)/t23?,28-/m1/s1. The Morgan fingerprint density at radius 3 is 1.49 bits per heavy atom. The summed E-state index contributed by atoms with van der Waals surface area (Å²) in [6, 6.07) is 0. The monoisotopic (exact) mass is 526 g/mol. The summed E-state index contributed by atoms with van der Waals surface area (Å²) in [5.41, 5.74) is -1.32. The highest BCUT2D eigenvalue weighted by molar-refractivity contribution is 5.91. The second-order valence-corrected chi connectivity index (χ2v) is 10.6. The van der Waals surface area contributed by atoms with Gasteiger partial charge in [-0.3, -0.25) is 14.4 Å². The van der Waals surface area contributed by atoms with Crippen LogP contribution in [0.4, 0.5) is 0 Å². The van der Waals surface area contributed by atoms with E-state index in [2.05, 4.69) is 10.6 Å². The van der Waals surface area contributed by atoms with Gasteiger partial charge in [0.1, 0.15) is 5.54 Å². The Morgan fingerprint density at radius 2 is 1.08 bits per heavy atom. The largest absolute Gasteiger partial charge is 0.481 e. The quantitative estimate of drug-likeness (QED) is 0.109. The van der Waals surface area contributed by atoms with Crippen LogP contribution in [-0.2, 0) is 19.2 Å². The molecule has 2 atom stereocenters. The molecule has 1 aliphatic carbocycles. The van der Waals surface area contributed by atoms with E-state index in [1.165, 1.54) is 57.8 Å². The highest BCUT2D eigenvalue weighted by Crippen LogP contribution is 2.46. The molecule has 37 heavy (non-hydrogen) atoms. The van der Waals surface area contributed by atoms with Gasteiger partial charge in [-0.2, -0.15) is 0 Å². The summed E-state index contributed by atoms with van der Waals surface area (Å²) in [6.07, 6.45) is 19.2. The molecule has 1 saturated carbocycles. The van der Waals surface area contributed by atoms with Crippen molar-refractivity contribution in [1.82, 2.24) is 10.6 Å². The summed E-state index contributed by atoms with van der Waals surface area (Å²) in [5, 5.41) is 32.1. The molecule has 1 fully saturated rings. The van der Waals surface area contributed by atoms with Gasteiger partial charge in [0.25, 0.3) is 0 Å². The lowest BCUT2D eigenvalue weighted by molar-refractivity contribution is -0.143. The van der Waals surface area contributed by atoms with E-state index in [1.807, 2.05) is 0 Å². The number of aliphatic carboxylic acids is 2. The van der Waals surface area contributed by atoms with Gasteiger partial charge in [0.2, 0.25) is 11.8 Å². The normalized spacial score (nSPS) is 18.4. The van der Waals surface area contributed by atoms with Crippen LogP contribution in [0, 0.1) is 5.92 Å². The van der Waals surface area contributed by atoms with Gasteiger partial charge in [-0.05, 0) is 19.3 Å². The Hall–Kier alpha value is -2.16. The van der Waals surface area contributed by atoms with Crippen LogP contribution in [0.3, 0.4) is 0 Å². The number of unbranched alkanes of at least 4 members (excludes halogenated alkanes) is 15. The number of hydrogen-bond acceptors (Lipinski definition) is 5. The molecule has 0 spiro atoms. The molecule has 0 aromatic heterocycles. The van der Waals surface area contributed by atoms with Gasteiger partial charge in [-0.1, -0.05) is 89.9 Å². The minimum absolute atomic E-state index is 0.0319. The Morgan fingerprint density at radius 1 is 0.649 bits per heavy atom. The Bertz CT molecular complexity index is 685. The van der Waals surface area contributed by atoms with Gasteiger partial charge in [0, 0.05) is 31.7 Å². The molecule has 0 bridgehead atoms. The van der Waals surface area contributed by atoms with Crippen molar-refractivity contribution in [2.75, 3.05) is 13.2 Å². The van der Waals surface area contributed by atoms with E-state index in [-0.39, 0.29) is 37.8 Å². The second kappa shape index (κ2) is 19.9. The van der Waals surface area contributed by atoms with Crippen LogP contribution in [0.15, 0.2) is 0 Å². The number of aliphatic hydroxyl groups is 1. The highest BCUT2D eigenvalue weighted by atomic mass is 16.4. The zero-order chi connectivity index (χ0) is 27.4. The van der Waals surface area contributed by atoms with Crippen molar-refractivity contribution in [2.24, 2.45) is 5.92 Å². The number of carbonyl (C=O) groups excluding carboxylic acids is 2. The van der Waals surface area contributed by atoms with Gasteiger partial charge in [-0.15, -0.1) is 0 Å². The molecule has 0 aromatic carbocycles. The van der Waals surface area contributed by atoms with Crippen molar-refractivity contribution in [1.29, 1.82) is 0 Å². The molecular formula is C28H50N2O7. The van der Waals surface area contributed by atoms with Crippen molar-refractivity contribution in [2.45, 2.75) is 134 Å². The van der Waals surface area contributed by atoms with Crippen molar-refractivity contribution in [3.8, 4) is 0 Å². The fourth-order valence-corrected chi connectivity index (χ4v) is 4.88. The molecule has 9 heteroatoms. The zero-order valence-electron chi connectivity index (χ0n) is 22.6. The maximum absolute atomic E-state index is 12.3. The van der Waals surface area contributed by atoms with Gasteiger partial charge in [-0.25, -0.2) is 4.79 Å². The number of carbonyl (C=O) groups is 4. The smallest absolute Gasteiger partial charge is 0.329 e. The third-order valence-corrected chi connectivity index (χ3v) is 7.26. The first-order valence-corrected chi connectivity index (χ1v) is 14.5. The average Bonchev–Trinajstić information content (AvgIpc) is 3.54. The SMILES string of the molecule is O=C(O)CCCCCCCCCCCCCCCCCCC(=O)N[C@]1(C(=O)O)CC1CC(=O)NCCO. The third kappa shape index (κ3) is 15.6. The first-order chi connectivity index (χ1) is 17.8. The maximum Gasteiger partial charge on any atom is 0.329 e. The predicted molar refractivity (Wildman–Crippen MR) is 142 cm³/mol. The number of aliphatic hydroxyl groups excluding tert-OH is 1. The van der Waals surface area contributed by atoms with Crippen LogP contribution in [0.25, 0.3) is 0 Å². The maximum atomic E-state index is 12.3. The van der Waals surface area contributed by atoms with Crippen molar-refractivity contribution >= 4 is 23.8 Å². The molecule has 214 valence electrons. The molecule has 0 heterocycles. The molecule has 0 saturated heterocycles. The molecular weight excluding hydrogens is 476 g/mol. The predicted octanol–water partition coefficient (Wildman–Crippen LogP) is 4.55. The summed E-state index contributed by atoms with van der Waals surface area (Å²) in [5.74, 6) is -2.77. The number of carboxylic acid groups (broad SMARTS) is 2. The van der Waals surface area contributed by atoms with Crippen LogP contribution in [0.2, 0.25) is 0 Å². The molecule has 1 aliphatic rings. The van der Waals surface area contributed by atoms with E-state index in [0.717, 1.165) is 44.9 Å². The van der Waals surface area contributed by atoms with Crippen LogP contribution in [0.5, 0.6) is 0 Å². The summed E-state index contributed by atoms with van der Waals surface area (Å²) in [7, 11) is 0. The summed E-state index contributed by atoms with van der Waals surface area (Å²) in [4.78, 5) is 46.2. The van der Waals surface area contributed by atoms with Crippen molar-refractivity contribution < 1.29 is 34.5 Å². The summed E-state index contributed by atoms with van der Waals surface area (Å²) >= 11 is 0. The Kier molecular flexibility index (Phi) is 17.7.